The first-order chi connectivity index (χ1) is 10.4. The molecule has 0 saturated heterocycles. The lowest BCUT2D eigenvalue weighted by atomic mass is 10.1. The van der Waals surface area contributed by atoms with E-state index in [0.717, 1.165) is 10.8 Å². The molecular weight excluding hydrogens is 300 g/mol. The number of nitrogens with two attached hydrogens (primary N) is 1. The first kappa shape index (κ1) is 16.7. The quantitative estimate of drug-likeness (QED) is 0.606. The van der Waals surface area contributed by atoms with Gasteiger partial charge < -0.3 is 10.5 Å². The smallest absolute Gasteiger partial charge is 0.240 e. The minimum absolute atomic E-state index is 0.157. The summed E-state index contributed by atoms with van der Waals surface area (Å²) in [6, 6.07) is 10.4. The maximum atomic E-state index is 12.3. The molecule has 0 aliphatic rings. The van der Waals surface area contributed by atoms with Crippen LogP contribution in [0.3, 0.4) is 0 Å². The molecule has 5 nitrogen and oxygen atoms in total. The first-order valence-corrected chi connectivity index (χ1v) is 8.77. The van der Waals surface area contributed by atoms with Crippen LogP contribution in [0.25, 0.3) is 10.8 Å². The molecule has 2 aromatic carbocycles. The molecule has 0 bridgehead atoms. The fraction of sp³-hybridized carbons (Fsp3) is 0.375. The maximum absolute atomic E-state index is 12.3. The van der Waals surface area contributed by atoms with Crippen LogP contribution in [0.15, 0.2) is 41.3 Å². The van der Waals surface area contributed by atoms with Crippen LogP contribution in [0, 0.1) is 0 Å². The van der Waals surface area contributed by atoms with Crippen molar-refractivity contribution in [2.75, 3.05) is 18.9 Å². The van der Waals surface area contributed by atoms with Gasteiger partial charge in [0.25, 0.3) is 0 Å². The predicted molar refractivity (Wildman–Crippen MR) is 89.3 cm³/mol. The zero-order valence-electron chi connectivity index (χ0n) is 12.9. The third kappa shape index (κ3) is 4.43. The van der Waals surface area contributed by atoms with E-state index < -0.39 is 10.0 Å². The Kier molecular flexibility index (Phi) is 5.39. The summed E-state index contributed by atoms with van der Waals surface area (Å²) in [6.07, 6.45) is 0.797. The van der Waals surface area contributed by atoms with E-state index in [1.165, 1.54) is 0 Å². The van der Waals surface area contributed by atoms with Crippen molar-refractivity contribution in [3.05, 3.63) is 36.4 Å². The molecule has 0 aromatic heterocycles. The molecule has 0 fully saturated rings. The molecule has 0 heterocycles. The Hall–Kier alpha value is -1.63. The van der Waals surface area contributed by atoms with Gasteiger partial charge in [0, 0.05) is 18.8 Å². The monoisotopic (exact) mass is 322 g/mol. The number of hydrogen-bond acceptors (Lipinski definition) is 4. The Morgan fingerprint density at radius 2 is 1.82 bits per heavy atom. The Balaban J connectivity index is 2.04. The number of nitrogens with one attached hydrogen (secondary N) is 1. The lowest BCUT2D eigenvalue weighted by Crippen LogP contribution is -2.25. The summed E-state index contributed by atoms with van der Waals surface area (Å²) < 4.78 is 32.5. The topological polar surface area (TPSA) is 81.4 Å². The summed E-state index contributed by atoms with van der Waals surface area (Å²) in [5.41, 5.74) is 6.38. The number of hydrogen-bond donors (Lipinski definition) is 2. The molecule has 0 spiro atoms. The van der Waals surface area contributed by atoms with Crippen molar-refractivity contribution < 1.29 is 13.2 Å². The summed E-state index contributed by atoms with van der Waals surface area (Å²) in [4.78, 5) is 0.259. The van der Waals surface area contributed by atoms with Crippen molar-refractivity contribution in [1.82, 2.24) is 4.72 Å². The molecule has 2 aromatic rings. The Labute approximate surface area is 131 Å². The van der Waals surface area contributed by atoms with Gasteiger partial charge in [0.1, 0.15) is 0 Å². The summed E-state index contributed by atoms with van der Waals surface area (Å²) >= 11 is 0. The van der Waals surface area contributed by atoms with E-state index in [4.69, 9.17) is 10.5 Å². The third-order valence-corrected chi connectivity index (χ3v) is 4.67. The maximum Gasteiger partial charge on any atom is 0.240 e. The molecule has 6 heteroatoms. The van der Waals surface area contributed by atoms with Gasteiger partial charge in [-0.2, -0.15) is 0 Å². The highest BCUT2D eigenvalue weighted by Crippen LogP contribution is 2.21. The van der Waals surface area contributed by atoms with Gasteiger partial charge in [-0.15, -0.1) is 0 Å². The van der Waals surface area contributed by atoms with Crippen LogP contribution in [0.1, 0.15) is 20.3 Å². The summed E-state index contributed by atoms with van der Waals surface area (Å²) in [5, 5.41) is 1.77. The molecule has 22 heavy (non-hydrogen) atoms. The summed E-state index contributed by atoms with van der Waals surface area (Å²) in [5.74, 6) is 0. The fourth-order valence-corrected chi connectivity index (χ4v) is 3.20. The number of ether oxygens (including phenoxy) is 1. The van der Waals surface area contributed by atoms with E-state index in [0.29, 0.717) is 25.3 Å². The Bertz CT molecular complexity index is 742. The first-order valence-electron chi connectivity index (χ1n) is 7.29. The molecule has 0 radical (unpaired) electrons. The van der Waals surface area contributed by atoms with E-state index in [1.807, 2.05) is 26.0 Å². The van der Waals surface area contributed by atoms with Crippen molar-refractivity contribution in [3.8, 4) is 0 Å². The SMILES string of the molecule is CC(C)OCCCNS(=O)(=O)c1ccc2cc(N)ccc2c1. The zero-order chi connectivity index (χ0) is 16.2. The lowest BCUT2D eigenvalue weighted by molar-refractivity contribution is 0.0778. The zero-order valence-corrected chi connectivity index (χ0v) is 13.7. The van der Waals surface area contributed by atoms with Crippen molar-refractivity contribution in [3.63, 3.8) is 0 Å². The largest absolute Gasteiger partial charge is 0.399 e. The van der Waals surface area contributed by atoms with Gasteiger partial charge in [0.15, 0.2) is 0 Å². The Morgan fingerprint density at radius 3 is 2.55 bits per heavy atom. The van der Waals surface area contributed by atoms with Crippen molar-refractivity contribution >= 4 is 26.5 Å². The molecule has 120 valence electrons. The van der Waals surface area contributed by atoms with Gasteiger partial charge in [0.2, 0.25) is 10.0 Å². The average molecular weight is 322 g/mol. The predicted octanol–water partition coefficient (Wildman–Crippen LogP) is 2.52. The molecule has 3 N–H and O–H groups in total. The summed E-state index contributed by atoms with van der Waals surface area (Å²) in [7, 11) is -3.50. The fourth-order valence-electron chi connectivity index (χ4n) is 2.09. The van der Waals surface area contributed by atoms with Crippen LogP contribution < -0.4 is 10.5 Å². The van der Waals surface area contributed by atoms with Gasteiger partial charge >= 0.3 is 0 Å². The van der Waals surface area contributed by atoms with Gasteiger partial charge in [-0.1, -0.05) is 12.1 Å². The molecule has 0 atom stereocenters. The van der Waals surface area contributed by atoms with Crippen LogP contribution in [0.2, 0.25) is 0 Å². The van der Waals surface area contributed by atoms with Crippen LogP contribution in [-0.2, 0) is 14.8 Å². The van der Waals surface area contributed by atoms with E-state index in [9.17, 15) is 8.42 Å². The lowest BCUT2D eigenvalue weighted by Gasteiger charge is -2.09. The minimum atomic E-state index is -3.50. The number of fused-ring (bicyclic) bond motifs is 1. The van der Waals surface area contributed by atoms with Crippen LogP contribution in [0.4, 0.5) is 5.69 Å². The highest BCUT2D eigenvalue weighted by molar-refractivity contribution is 7.89. The Morgan fingerprint density at radius 1 is 1.14 bits per heavy atom. The number of rotatable bonds is 7. The number of benzene rings is 2. The van der Waals surface area contributed by atoms with Crippen LogP contribution >= 0.6 is 0 Å². The van der Waals surface area contributed by atoms with E-state index in [-0.39, 0.29) is 11.0 Å². The average Bonchev–Trinajstić information content (AvgIpc) is 2.45. The minimum Gasteiger partial charge on any atom is -0.399 e. The van der Waals surface area contributed by atoms with E-state index in [2.05, 4.69) is 4.72 Å². The number of nitrogen functional groups attached to an aromatic ring is 1. The van der Waals surface area contributed by atoms with Gasteiger partial charge in [-0.3, -0.25) is 0 Å². The second-order valence-electron chi connectivity index (χ2n) is 5.44. The summed E-state index contributed by atoms with van der Waals surface area (Å²) in [6.45, 7) is 4.80. The van der Waals surface area contributed by atoms with Crippen LogP contribution in [0.5, 0.6) is 0 Å². The van der Waals surface area contributed by atoms with Crippen molar-refractivity contribution in [2.24, 2.45) is 0 Å². The second-order valence-corrected chi connectivity index (χ2v) is 7.21. The van der Waals surface area contributed by atoms with Gasteiger partial charge in [-0.05, 0) is 55.3 Å². The molecule has 0 aliphatic carbocycles. The molecule has 0 saturated carbocycles. The number of anilines is 1. The van der Waals surface area contributed by atoms with Crippen molar-refractivity contribution in [2.45, 2.75) is 31.3 Å². The van der Waals surface area contributed by atoms with E-state index >= 15 is 0 Å². The molecular formula is C16H22N2O3S. The van der Waals surface area contributed by atoms with Crippen LogP contribution in [-0.4, -0.2) is 27.7 Å². The normalized spacial score (nSPS) is 12.1. The molecule has 2 rings (SSSR count). The third-order valence-electron chi connectivity index (χ3n) is 3.21. The molecule has 0 amide bonds. The van der Waals surface area contributed by atoms with Gasteiger partial charge in [-0.25, -0.2) is 13.1 Å². The van der Waals surface area contributed by atoms with Gasteiger partial charge in [0.05, 0.1) is 11.0 Å². The second kappa shape index (κ2) is 7.09. The molecule has 0 unspecified atom stereocenters. The molecule has 0 aliphatic heterocycles. The van der Waals surface area contributed by atoms with E-state index in [1.54, 1.807) is 24.3 Å². The highest BCUT2D eigenvalue weighted by Gasteiger charge is 2.13. The highest BCUT2D eigenvalue weighted by atomic mass is 32.2. The van der Waals surface area contributed by atoms with Crippen molar-refractivity contribution in [1.29, 1.82) is 0 Å². The standard InChI is InChI=1S/C16H22N2O3S/c1-12(2)21-9-3-8-18-22(19,20)16-7-5-13-10-15(17)6-4-14(13)11-16/h4-7,10-12,18H,3,8-9,17H2,1-2H3. The number of sulfonamides is 1.